The normalized spacial score (nSPS) is 11.1. The first-order valence-corrected chi connectivity index (χ1v) is 18.4. The number of aromatic nitrogens is 1. The maximum absolute atomic E-state index is 10.6. The predicted octanol–water partition coefficient (Wildman–Crippen LogP) is 7.44. The molecule has 0 saturated carbocycles. The number of para-hydroxylation sites is 1. The monoisotopic (exact) mass is 652 g/mol. The lowest BCUT2D eigenvalue weighted by Gasteiger charge is -2.36. The minimum atomic E-state index is -3.14. The van der Waals surface area contributed by atoms with E-state index in [0.717, 1.165) is 43.8 Å². The van der Waals surface area contributed by atoms with Gasteiger partial charge in [0, 0.05) is 16.3 Å². The van der Waals surface area contributed by atoms with E-state index in [-0.39, 0.29) is 0 Å². The van der Waals surface area contributed by atoms with Crippen molar-refractivity contribution >= 4 is 50.6 Å². The van der Waals surface area contributed by atoms with Crippen molar-refractivity contribution in [1.82, 2.24) is 4.57 Å². The lowest BCUT2D eigenvalue weighted by atomic mass is 10.0. The molecule has 0 amide bonds. The molecule has 0 spiro atoms. The standard InChI is InChI=1S/C45H28N4Si/c46-29-32-23-25-42-39(27-32)40-28-33(30-47)24-26-43(40)49(42)41-20-10-8-18-37(41)38-19-9-12-22-45(38)50(35-14-3-1-4-15-35,36-16-5-2-6-17-36)44-21-11-7-13-34(44)31-48/h1-28H. The fourth-order valence-electron chi connectivity index (χ4n) is 7.58. The van der Waals surface area contributed by atoms with E-state index in [2.05, 4.69) is 126 Å². The van der Waals surface area contributed by atoms with Crippen molar-refractivity contribution in [3.63, 3.8) is 0 Å². The predicted molar refractivity (Wildman–Crippen MR) is 204 cm³/mol. The molecule has 0 unspecified atom stereocenters. The van der Waals surface area contributed by atoms with E-state index >= 15 is 0 Å². The number of hydrogen-bond acceptors (Lipinski definition) is 3. The highest BCUT2D eigenvalue weighted by Crippen LogP contribution is 2.37. The lowest BCUT2D eigenvalue weighted by molar-refractivity contribution is 1.18. The van der Waals surface area contributed by atoms with E-state index < -0.39 is 8.07 Å². The molecule has 1 aromatic heterocycles. The van der Waals surface area contributed by atoms with Gasteiger partial charge in [-0.3, -0.25) is 0 Å². The third-order valence-corrected chi connectivity index (χ3v) is 14.5. The second-order valence-corrected chi connectivity index (χ2v) is 16.0. The van der Waals surface area contributed by atoms with Crippen LogP contribution < -0.4 is 20.7 Å². The summed E-state index contributed by atoms with van der Waals surface area (Å²) in [5.74, 6) is 0. The van der Waals surface area contributed by atoms with Crippen molar-refractivity contribution in [1.29, 1.82) is 15.8 Å². The van der Waals surface area contributed by atoms with Gasteiger partial charge in [0.1, 0.15) is 0 Å². The minimum Gasteiger partial charge on any atom is -0.309 e. The van der Waals surface area contributed by atoms with Crippen molar-refractivity contribution in [3.8, 4) is 35.0 Å². The summed E-state index contributed by atoms with van der Waals surface area (Å²) in [6, 6.07) is 65.1. The molecule has 0 N–H and O–H groups in total. The zero-order valence-corrected chi connectivity index (χ0v) is 28.0. The van der Waals surface area contributed by atoms with Crippen LogP contribution in [0, 0.1) is 34.0 Å². The quantitative estimate of drug-likeness (QED) is 0.138. The fourth-order valence-corrected chi connectivity index (χ4v) is 12.7. The molecule has 8 aromatic rings. The van der Waals surface area contributed by atoms with Gasteiger partial charge in [0.05, 0.1) is 51.6 Å². The summed E-state index contributed by atoms with van der Waals surface area (Å²) in [6.07, 6.45) is 0. The van der Waals surface area contributed by atoms with Gasteiger partial charge in [-0.05, 0) is 74.8 Å². The van der Waals surface area contributed by atoms with E-state index in [1.54, 1.807) is 0 Å². The van der Waals surface area contributed by atoms with Crippen LogP contribution in [-0.2, 0) is 0 Å². The zero-order valence-electron chi connectivity index (χ0n) is 27.0. The Morgan fingerprint density at radius 3 is 1.46 bits per heavy atom. The van der Waals surface area contributed by atoms with Crippen molar-refractivity contribution < 1.29 is 0 Å². The van der Waals surface area contributed by atoms with Crippen LogP contribution in [0.5, 0.6) is 0 Å². The zero-order chi connectivity index (χ0) is 34.1. The molecular weight excluding hydrogens is 625 g/mol. The maximum atomic E-state index is 10.6. The minimum absolute atomic E-state index is 0.565. The van der Waals surface area contributed by atoms with Crippen LogP contribution in [-0.4, -0.2) is 12.6 Å². The van der Waals surface area contributed by atoms with Crippen LogP contribution in [0.4, 0.5) is 0 Å². The lowest BCUT2D eigenvalue weighted by Crippen LogP contribution is -2.75. The molecule has 1 heterocycles. The van der Waals surface area contributed by atoms with Crippen LogP contribution >= 0.6 is 0 Å². The second kappa shape index (κ2) is 12.6. The topological polar surface area (TPSA) is 76.3 Å². The van der Waals surface area contributed by atoms with Gasteiger partial charge in [-0.15, -0.1) is 0 Å². The Bertz CT molecular complexity index is 2580. The molecule has 0 aliphatic carbocycles. The fraction of sp³-hybridized carbons (Fsp3) is 0. The van der Waals surface area contributed by atoms with Gasteiger partial charge in [0.2, 0.25) is 0 Å². The van der Waals surface area contributed by atoms with E-state index in [1.807, 2.05) is 66.7 Å². The molecule has 0 saturated heterocycles. The van der Waals surface area contributed by atoms with E-state index in [9.17, 15) is 15.8 Å². The van der Waals surface area contributed by atoms with Gasteiger partial charge in [-0.1, -0.05) is 121 Å². The van der Waals surface area contributed by atoms with Gasteiger partial charge in [0.25, 0.3) is 0 Å². The molecule has 0 radical (unpaired) electrons. The Morgan fingerprint density at radius 1 is 0.420 bits per heavy atom. The number of hydrogen-bond donors (Lipinski definition) is 0. The van der Waals surface area contributed by atoms with Crippen LogP contribution in [0.15, 0.2) is 170 Å². The number of benzene rings is 7. The Balaban J connectivity index is 1.51. The molecule has 232 valence electrons. The molecule has 50 heavy (non-hydrogen) atoms. The Kier molecular flexibility index (Phi) is 7.63. The van der Waals surface area contributed by atoms with Crippen molar-refractivity contribution in [3.05, 3.63) is 187 Å². The third kappa shape index (κ3) is 4.72. The van der Waals surface area contributed by atoms with Gasteiger partial charge < -0.3 is 4.57 Å². The Morgan fingerprint density at radius 2 is 0.900 bits per heavy atom. The van der Waals surface area contributed by atoms with E-state index in [1.165, 1.54) is 15.6 Å². The van der Waals surface area contributed by atoms with Crippen LogP contribution in [0.25, 0.3) is 38.6 Å². The van der Waals surface area contributed by atoms with Crippen molar-refractivity contribution in [2.24, 2.45) is 0 Å². The number of rotatable bonds is 6. The van der Waals surface area contributed by atoms with Crippen molar-refractivity contribution in [2.45, 2.75) is 0 Å². The van der Waals surface area contributed by atoms with Crippen LogP contribution in [0.1, 0.15) is 16.7 Å². The summed E-state index contributed by atoms with van der Waals surface area (Å²) in [7, 11) is -3.14. The molecule has 0 fully saturated rings. The average Bonchev–Trinajstić information content (AvgIpc) is 3.52. The SMILES string of the molecule is N#Cc1ccc2c(c1)c1cc(C#N)ccc1n2-c1ccccc1-c1ccccc1[Si](c1ccccc1)(c1ccccc1)c1ccccc1C#N. The highest BCUT2D eigenvalue weighted by Gasteiger charge is 2.44. The van der Waals surface area contributed by atoms with Crippen LogP contribution in [0.2, 0.25) is 0 Å². The van der Waals surface area contributed by atoms with E-state index in [4.69, 9.17) is 0 Å². The molecule has 7 aromatic carbocycles. The van der Waals surface area contributed by atoms with Gasteiger partial charge in [0.15, 0.2) is 8.07 Å². The molecule has 0 atom stereocenters. The summed E-state index contributed by atoms with van der Waals surface area (Å²) in [5.41, 5.74) is 6.78. The molecule has 0 bridgehead atoms. The maximum Gasteiger partial charge on any atom is 0.181 e. The van der Waals surface area contributed by atoms with Gasteiger partial charge in [-0.25, -0.2) is 0 Å². The largest absolute Gasteiger partial charge is 0.309 e. The Hall–Kier alpha value is -6.97. The molecule has 4 nitrogen and oxygen atoms in total. The average molecular weight is 653 g/mol. The first kappa shape index (κ1) is 30.4. The summed E-state index contributed by atoms with van der Waals surface area (Å²) >= 11 is 0. The Labute approximate surface area is 291 Å². The van der Waals surface area contributed by atoms with Gasteiger partial charge >= 0.3 is 0 Å². The number of nitrogens with zero attached hydrogens (tertiary/aromatic N) is 4. The molecule has 5 heteroatoms. The first-order valence-electron chi connectivity index (χ1n) is 16.4. The molecule has 0 aliphatic rings. The number of fused-ring (bicyclic) bond motifs is 3. The third-order valence-electron chi connectivity index (χ3n) is 9.65. The highest BCUT2D eigenvalue weighted by atomic mass is 28.3. The molecule has 0 aliphatic heterocycles. The summed E-state index contributed by atoms with van der Waals surface area (Å²) in [4.78, 5) is 0. The number of nitriles is 3. The highest BCUT2D eigenvalue weighted by molar-refractivity contribution is 7.20. The first-order chi connectivity index (χ1) is 24.7. The smallest absolute Gasteiger partial charge is 0.181 e. The molecule has 8 rings (SSSR count). The van der Waals surface area contributed by atoms with Crippen LogP contribution in [0.3, 0.4) is 0 Å². The molecular formula is C45H28N4Si. The van der Waals surface area contributed by atoms with Gasteiger partial charge in [-0.2, -0.15) is 15.8 Å². The second-order valence-electron chi connectivity index (χ2n) is 12.2. The van der Waals surface area contributed by atoms with Crippen molar-refractivity contribution in [2.75, 3.05) is 0 Å². The summed E-state index contributed by atoms with van der Waals surface area (Å²) < 4.78 is 2.25. The van der Waals surface area contributed by atoms with E-state index in [0.29, 0.717) is 16.7 Å². The summed E-state index contributed by atoms with van der Waals surface area (Å²) in [5, 5.41) is 36.6. The summed E-state index contributed by atoms with van der Waals surface area (Å²) in [6.45, 7) is 0.